The zero-order valence-electron chi connectivity index (χ0n) is 10.9. The first-order valence-electron chi connectivity index (χ1n) is 6.80. The number of rotatable bonds is 4. The quantitative estimate of drug-likeness (QED) is 0.839. The minimum absolute atomic E-state index is 0.399. The van der Waals surface area contributed by atoms with Gasteiger partial charge in [0.05, 0.1) is 12.6 Å². The van der Waals surface area contributed by atoms with E-state index >= 15 is 0 Å². The van der Waals surface area contributed by atoms with Crippen molar-refractivity contribution in [2.24, 2.45) is 10.9 Å². The van der Waals surface area contributed by atoms with Crippen molar-refractivity contribution >= 4 is 16.9 Å². The molecule has 4 heteroatoms. The molecule has 1 saturated heterocycles. The van der Waals surface area contributed by atoms with Crippen LogP contribution in [0.4, 0.5) is 0 Å². The van der Waals surface area contributed by atoms with Gasteiger partial charge in [-0.2, -0.15) is 0 Å². The molecule has 98 valence electrons. The Kier molecular flexibility index (Phi) is 5.16. The zero-order valence-corrected chi connectivity index (χ0v) is 11.8. The Morgan fingerprint density at radius 1 is 1.47 bits per heavy atom. The number of amidine groups is 1. The third kappa shape index (κ3) is 4.51. The molecule has 0 spiro atoms. The van der Waals surface area contributed by atoms with E-state index in [9.17, 15) is 0 Å². The van der Waals surface area contributed by atoms with E-state index in [-0.39, 0.29) is 0 Å². The Labute approximate surface area is 109 Å². The topological polar surface area (TPSA) is 33.6 Å². The molecule has 0 aromatic rings. The maximum absolute atomic E-state index is 5.70. The predicted molar refractivity (Wildman–Crippen MR) is 74.7 cm³/mol. The molecule has 2 heterocycles. The first-order valence-corrected chi connectivity index (χ1v) is 7.68. The van der Waals surface area contributed by atoms with E-state index in [1.54, 1.807) is 0 Å². The SMILES string of the molecule is CC(C)CC1CN=C(NCC2CCCCO2)S1. The van der Waals surface area contributed by atoms with E-state index < -0.39 is 0 Å². The highest BCUT2D eigenvalue weighted by atomic mass is 32.2. The third-order valence-corrected chi connectivity index (χ3v) is 4.38. The maximum atomic E-state index is 5.70. The minimum Gasteiger partial charge on any atom is -0.376 e. The molecule has 1 N–H and O–H groups in total. The van der Waals surface area contributed by atoms with E-state index in [4.69, 9.17) is 4.74 Å². The molecule has 0 radical (unpaired) electrons. The van der Waals surface area contributed by atoms with Crippen LogP contribution in [-0.4, -0.2) is 36.2 Å². The second kappa shape index (κ2) is 6.64. The largest absolute Gasteiger partial charge is 0.376 e. The first kappa shape index (κ1) is 13.2. The lowest BCUT2D eigenvalue weighted by atomic mass is 10.1. The number of nitrogens with zero attached hydrogens (tertiary/aromatic N) is 1. The van der Waals surface area contributed by atoms with Crippen molar-refractivity contribution in [2.45, 2.75) is 50.9 Å². The molecular formula is C13H24N2OS. The lowest BCUT2D eigenvalue weighted by Crippen LogP contribution is -2.33. The summed E-state index contributed by atoms with van der Waals surface area (Å²) in [5, 5.41) is 5.26. The Hall–Kier alpha value is -0.220. The van der Waals surface area contributed by atoms with Crippen LogP contribution in [-0.2, 0) is 4.74 Å². The van der Waals surface area contributed by atoms with Crippen molar-refractivity contribution in [1.82, 2.24) is 5.32 Å². The second-order valence-electron chi connectivity index (χ2n) is 5.38. The van der Waals surface area contributed by atoms with Gasteiger partial charge in [-0.3, -0.25) is 4.99 Å². The third-order valence-electron chi connectivity index (χ3n) is 3.21. The Morgan fingerprint density at radius 2 is 2.35 bits per heavy atom. The number of thioether (sulfide) groups is 1. The van der Waals surface area contributed by atoms with Crippen LogP contribution < -0.4 is 5.32 Å². The summed E-state index contributed by atoms with van der Waals surface area (Å²) in [7, 11) is 0. The van der Waals surface area contributed by atoms with Crippen LogP contribution in [0, 0.1) is 5.92 Å². The number of nitrogens with one attached hydrogen (secondary N) is 1. The van der Waals surface area contributed by atoms with E-state index in [1.165, 1.54) is 25.7 Å². The van der Waals surface area contributed by atoms with Crippen LogP contribution in [0.1, 0.15) is 39.5 Å². The number of aliphatic imine (C=N–C) groups is 1. The zero-order chi connectivity index (χ0) is 12.1. The van der Waals surface area contributed by atoms with E-state index in [1.807, 2.05) is 11.8 Å². The van der Waals surface area contributed by atoms with Gasteiger partial charge in [0.2, 0.25) is 0 Å². The molecule has 0 aromatic heterocycles. The number of hydrogen-bond acceptors (Lipinski definition) is 4. The number of hydrogen-bond donors (Lipinski definition) is 1. The Morgan fingerprint density at radius 3 is 3.06 bits per heavy atom. The molecular weight excluding hydrogens is 232 g/mol. The Balaban J connectivity index is 1.63. The van der Waals surface area contributed by atoms with Crippen molar-refractivity contribution in [3.8, 4) is 0 Å². The molecule has 0 saturated carbocycles. The van der Waals surface area contributed by atoms with Gasteiger partial charge in [-0.15, -0.1) is 0 Å². The molecule has 0 bridgehead atoms. The maximum Gasteiger partial charge on any atom is 0.157 e. The summed E-state index contributed by atoms with van der Waals surface area (Å²) < 4.78 is 5.70. The van der Waals surface area contributed by atoms with Crippen LogP contribution in [0.5, 0.6) is 0 Å². The van der Waals surface area contributed by atoms with Crippen molar-refractivity contribution in [3.05, 3.63) is 0 Å². The predicted octanol–water partition coefficient (Wildman–Crippen LogP) is 2.66. The van der Waals surface area contributed by atoms with Crippen LogP contribution in [0.25, 0.3) is 0 Å². The van der Waals surface area contributed by atoms with Gasteiger partial charge in [0.25, 0.3) is 0 Å². The van der Waals surface area contributed by atoms with Crippen LogP contribution in [0.3, 0.4) is 0 Å². The van der Waals surface area contributed by atoms with Gasteiger partial charge < -0.3 is 10.1 Å². The molecule has 2 aliphatic heterocycles. The summed E-state index contributed by atoms with van der Waals surface area (Å²) in [5.41, 5.74) is 0. The average Bonchev–Trinajstić information content (AvgIpc) is 2.75. The molecule has 0 aromatic carbocycles. The van der Waals surface area contributed by atoms with Gasteiger partial charge in [0, 0.05) is 18.4 Å². The van der Waals surface area contributed by atoms with Crippen molar-refractivity contribution < 1.29 is 4.74 Å². The highest BCUT2D eigenvalue weighted by molar-refractivity contribution is 8.14. The van der Waals surface area contributed by atoms with Crippen molar-refractivity contribution in [3.63, 3.8) is 0 Å². The van der Waals surface area contributed by atoms with Gasteiger partial charge >= 0.3 is 0 Å². The molecule has 2 atom stereocenters. The highest BCUT2D eigenvalue weighted by Crippen LogP contribution is 2.25. The summed E-state index contributed by atoms with van der Waals surface area (Å²) in [5.74, 6) is 0.767. The summed E-state index contributed by atoms with van der Waals surface area (Å²) in [6.07, 6.45) is 5.39. The molecule has 2 unspecified atom stereocenters. The molecule has 2 aliphatic rings. The standard InChI is InChI=1S/C13H24N2OS/c1-10(2)7-12-9-15-13(17-12)14-8-11-5-3-4-6-16-11/h10-12H,3-9H2,1-2H3,(H,14,15). The normalized spacial score (nSPS) is 29.5. The van der Waals surface area contributed by atoms with Gasteiger partial charge in [-0.25, -0.2) is 0 Å². The fourth-order valence-corrected chi connectivity index (χ4v) is 3.59. The van der Waals surface area contributed by atoms with Gasteiger partial charge in [-0.05, 0) is 31.6 Å². The molecule has 1 fully saturated rings. The first-order chi connectivity index (χ1) is 8.24. The molecule has 0 amide bonds. The fraction of sp³-hybridized carbons (Fsp3) is 0.923. The fourth-order valence-electron chi connectivity index (χ4n) is 2.33. The van der Waals surface area contributed by atoms with Crippen LogP contribution >= 0.6 is 11.8 Å². The van der Waals surface area contributed by atoms with Crippen LogP contribution in [0.15, 0.2) is 4.99 Å². The summed E-state index contributed by atoms with van der Waals surface area (Å²) in [6, 6.07) is 0. The summed E-state index contributed by atoms with van der Waals surface area (Å²) >= 11 is 1.91. The monoisotopic (exact) mass is 256 g/mol. The molecule has 17 heavy (non-hydrogen) atoms. The Bertz CT molecular complexity index is 262. The summed E-state index contributed by atoms with van der Waals surface area (Å²) in [6.45, 7) is 7.41. The van der Waals surface area contributed by atoms with Crippen molar-refractivity contribution in [2.75, 3.05) is 19.7 Å². The molecule has 2 rings (SSSR count). The summed E-state index contributed by atoms with van der Waals surface area (Å²) in [4.78, 5) is 4.57. The smallest absolute Gasteiger partial charge is 0.157 e. The lowest BCUT2D eigenvalue weighted by molar-refractivity contribution is 0.0197. The lowest BCUT2D eigenvalue weighted by Gasteiger charge is -2.23. The van der Waals surface area contributed by atoms with E-state index in [0.29, 0.717) is 11.4 Å². The average molecular weight is 256 g/mol. The van der Waals surface area contributed by atoms with Crippen molar-refractivity contribution in [1.29, 1.82) is 0 Å². The van der Waals surface area contributed by atoms with Crippen LogP contribution in [0.2, 0.25) is 0 Å². The number of ether oxygens (including phenoxy) is 1. The molecule has 0 aliphatic carbocycles. The van der Waals surface area contributed by atoms with E-state index in [2.05, 4.69) is 24.2 Å². The van der Waals surface area contributed by atoms with E-state index in [0.717, 1.165) is 30.8 Å². The highest BCUT2D eigenvalue weighted by Gasteiger charge is 2.21. The van der Waals surface area contributed by atoms with Gasteiger partial charge in [-0.1, -0.05) is 25.6 Å². The second-order valence-corrected chi connectivity index (χ2v) is 6.67. The molecule has 3 nitrogen and oxygen atoms in total. The van der Waals surface area contributed by atoms with Gasteiger partial charge in [0.1, 0.15) is 0 Å². The van der Waals surface area contributed by atoms with Gasteiger partial charge in [0.15, 0.2) is 5.17 Å². The minimum atomic E-state index is 0.399.